The van der Waals surface area contributed by atoms with Gasteiger partial charge >= 0.3 is 11.9 Å². The summed E-state index contributed by atoms with van der Waals surface area (Å²) in [5, 5.41) is 9.30. The molecular formula is C40H48F2N10O6. The summed E-state index contributed by atoms with van der Waals surface area (Å²) in [5.41, 5.74) is 8.97. The number of hydrogen-bond donors (Lipinski definition) is 4. The zero-order chi connectivity index (χ0) is 41.9. The lowest BCUT2D eigenvalue weighted by atomic mass is 10.2. The number of carbonyl (C=O) groups is 2. The highest BCUT2D eigenvalue weighted by molar-refractivity contribution is 5.87. The maximum Gasteiger partial charge on any atom is 0.333 e. The van der Waals surface area contributed by atoms with Gasteiger partial charge in [-0.2, -0.15) is 0 Å². The lowest BCUT2D eigenvalue weighted by Gasteiger charge is -2.10. The van der Waals surface area contributed by atoms with Gasteiger partial charge in [0.1, 0.15) is 11.6 Å². The summed E-state index contributed by atoms with van der Waals surface area (Å²) in [7, 11) is 0. The molecule has 18 heteroatoms. The number of halogens is 2. The van der Waals surface area contributed by atoms with Gasteiger partial charge in [-0.1, -0.05) is 13.5 Å². The number of pyridine rings is 4. The quantitative estimate of drug-likeness (QED) is 0.0494. The van der Waals surface area contributed by atoms with E-state index in [4.69, 9.17) is 19.3 Å². The number of nitrogens with one attached hydrogen (secondary N) is 3. The summed E-state index contributed by atoms with van der Waals surface area (Å²) in [4.78, 5) is 47.4. The van der Waals surface area contributed by atoms with Crippen LogP contribution in [0.25, 0.3) is 22.2 Å². The fourth-order valence-corrected chi connectivity index (χ4v) is 4.97. The van der Waals surface area contributed by atoms with Crippen LogP contribution in [-0.4, -0.2) is 74.7 Å². The highest BCUT2D eigenvalue weighted by Gasteiger charge is 2.15. The molecule has 58 heavy (non-hydrogen) atoms. The maximum atomic E-state index is 13.7. The third kappa shape index (κ3) is 13.4. The minimum atomic E-state index is -0.379. The Bertz CT molecular complexity index is 2250. The van der Waals surface area contributed by atoms with Gasteiger partial charge in [0.05, 0.1) is 43.6 Å². The van der Waals surface area contributed by atoms with Crippen molar-refractivity contribution >= 4 is 45.8 Å². The molecule has 1 unspecified atom stereocenters. The number of nitrogens with two attached hydrogens (primary N) is 1. The van der Waals surface area contributed by atoms with Gasteiger partial charge in [0.25, 0.3) is 0 Å². The zero-order valence-corrected chi connectivity index (χ0v) is 32.9. The van der Waals surface area contributed by atoms with Crippen molar-refractivity contribution in [3.63, 3.8) is 0 Å². The first-order valence-electron chi connectivity index (χ1n) is 18.6. The summed E-state index contributed by atoms with van der Waals surface area (Å²) in [6.07, 6.45) is 7.41. The van der Waals surface area contributed by atoms with E-state index in [-0.39, 0.29) is 42.6 Å². The molecule has 1 atom stereocenters. The fourth-order valence-electron chi connectivity index (χ4n) is 4.97. The van der Waals surface area contributed by atoms with Crippen molar-refractivity contribution in [3.05, 3.63) is 108 Å². The number of fused-ring (bicyclic) bond motifs is 2. The molecule has 308 valence electrons. The summed E-state index contributed by atoms with van der Waals surface area (Å²) in [5.74, 6) is 0.670. The Morgan fingerprint density at radius 2 is 1.31 bits per heavy atom. The lowest BCUT2D eigenvalue weighted by molar-refractivity contribution is -0.147. The standard InChI is InChI=1S/C20H24FN5O3.C14H14FN5O.C6H10O2/c1-3-28-20(27)13(2)11-22-9-7-17-26-18-16(29-17)6-10-24-19(18)25-12-15-14(21)5-4-8-23-15;15-9-2-1-6-17-10(9)8-19-14-13-11(4-7-18-14)21-12(20-13)3-5-16;1-4-8-6(7)5(2)3/h4-6,8,10,13,22H,3,7,9,11-12H2,1-2H3,(H,24,25);1-2,4,6-7H,3,5,8,16H2,(H,18,19);2,4H2,1,3H3. The van der Waals surface area contributed by atoms with Crippen LogP contribution in [0, 0.1) is 17.6 Å². The third-order valence-electron chi connectivity index (χ3n) is 7.86. The Hall–Kier alpha value is -6.40. The van der Waals surface area contributed by atoms with Crippen LogP contribution in [-0.2, 0) is 45.0 Å². The van der Waals surface area contributed by atoms with Crippen molar-refractivity contribution in [3.8, 4) is 0 Å². The Morgan fingerprint density at radius 1 is 0.793 bits per heavy atom. The highest BCUT2D eigenvalue weighted by atomic mass is 19.1. The van der Waals surface area contributed by atoms with E-state index in [0.29, 0.717) is 108 Å². The van der Waals surface area contributed by atoms with Crippen LogP contribution in [0.15, 0.2) is 82.2 Å². The minimum absolute atomic E-state index is 0.189. The van der Waals surface area contributed by atoms with E-state index in [0.717, 1.165) is 0 Å². The second-order valence-electron chi connectivity index (χ2n) is 12.4. The van der Waals surface area contributed by atoms with Gasteiger partial charge in [-0.05, 0) is 45.0 Å². The molecule has 0 aromatic carbocycles. The Morgan fingerprint density at radius 3 is 1.76 bits per heavy atom. The molecule has 6 heterocycles. The molecule has 0 amide bonds. The molecule has 6 aromatic heterocycles. The van der Waals surface area contributed by atoms with Crippen molar-refractivity contribution in [2.45, 2.75) is 53.6 Å². The Labute approximate surface area is 334 Å². The Kier molecular flexibility index (Phi) is 17.6. The van der Waals surface area contributed by atoms with E-state index in [1.165, 1.54) is 18.3 Å². The molecule has 6 rings (SSSR count). The zero-order valence-electron chi connectivity index (χ0n) is 32.9. The first-order chi connectivity index (χ1) is 28.0. The lowest BCUT2D eigenvalue weighted by Crippen LogP contribution is -2.29. The van der Waals surface area contributed by atoms with Gasteiger partial charge in [0.15, 0.2) is 45.6 Å². The third-order valence-corrected chi connectivity index (χ3v) is 7.86. The number of esters is 2. The number of carbonyl (C=O) groups excluding carboxylic acids is 2. The van der Waals surface area contributed by atoms with E-state index in [9.17, 15) is 18.4 Å². The van der Waals surface area contributed by atoms with Crippen LogP contribution in [0.2, 0.25) is 0 Å². The van der Waals surface area contributed by atoms with Crippen LogP contribution in [0.1, 0.15) is 50.9 Å². The number of oxazole rings is 2. The molecule has 0 spiro atoms. The van der Waals surface area contributed by atoms with Gasteiger partial charge in [-0.3, -0.25) is 14.8 Å². The topological polar surface area (TPSA) is 218 Å². The average Bonchev–Trinajstić information content (AvgIpc) is 3.84. The molecule has 16 nitrogen and oxygen atoms in total. The second-order valence-corrected chi connectivity index (χ2v) is 12.4. The van der Waals surface area contributed by atoms with Gasteiger partial charge in [-0.25, -0.2) is 33.5 Å². The molecule has 0 fully saturated rings. The van der Waals surface area contributed by atoms with Crippen LogP contribution in [0.3, 0.4) is 0 Å². The molecule has 0 radical (unpaired) electrons. The highest BCUT2D eigenvalue weighted by Crippen LogP contribution is 2.23. The van der Waals surface area contributed by atoms with Gasteiger partial charge in [0, 0.05) is 75.0 Å². The molecule has 0 aliphatic heterocycles. The van der Waals surface area contributed by atoms with Crippen molar-refractivity contribution in [2.75, 3.05) is 43.5 Å². The van der Waals surface area contributed by atoms with Crippen LogP contribution in [0.5, 0.6) is 0 Å². The molecule has 5 N–H and O–H groups in total. The largest absolute Gasteiger partial charge is 0.466 e. The molecule has 0 bridgehead atoms. The SMILES string of the molecule is C=C(C)C(=O)OCC.CCOC(=O)C(C)CNCCc1nc2c(NCc3ncccc3F)nccc2o1.NCCc1nc2c(NCc3ncccc3F)nccc2o1. The van der Waals surface area contributed by atoms with E-state index in [1.807, 2.05) is 6.92 Å². The van der Waals surface area contributed by atoms with Crippen molar-refractivity contribution in [1.29, 1.82) is 0 Å². The normalized spacial score (nSPS) is 11.2. The predicted molar refractivity (Wildman–Crippen MR) is 213 cm³/mol. The first-order valence-corrected chi connectivity index (χ1v) is 18.6. The molecule has 0 aliphatic carbocycles. The van der Waals surface area contributed by atoms with Crippen molar-refractivity contribution in [1.82, 2.24) is 35.2 Å². The van der Waals surface area contributed by atoms with E-state index in [2.05, 4.69) is 57.2 Å². The first kappa shape index (κ1) is 44.3. The fraction of sp³-hybridized carbons (Fsp3) is 0.350. The summed E-state index contributed by atoms with van der Waals surface area (Å²) in [6.45, 7) is 13.2. The second kappa shape index (κ2) is 23.0. The Balaban J connectivity index is 0.000000223. The van der Waals surface area contributed by atoms with E-state index < -0.39 is 0 Å². The summed E-state index contributed by atoms with van der Waals surface area (Å²) in [6, 6.07) is 9.29. The number of hydrogen-bond acceptors (Lipinski definition) is 16. The molecule has 6 aromatic rings. The molecule has 0 saturated heterocycles. The molecular weight excluding hydrogens is 754 g/mol. The predicted octanol–water partition coefficient (Wildman–Crippen LogP) is 5.70. The number of aromatic nitrogens is 6. The van der Waals surface area contributed by atoms with Crippen molar-refractivity contribution in [2.24, 2.45) is 11.7 Å². The summed E-state index contributed by atoms with van der Waals surface area (Å²) < 4.78 is 48.2. The van der Waals surface area contributed by atoms with Crippen LogP contribution < -0.4 is 21.7 Å². The van der Waals surface area contributed by atoms with Crippen LogP contribution >= 0.6 is 0 Å². The minimum Gasteiger partial charge on any atom is -0.466 e. The van der Waals surface area contributed by atoms with E-state index in [1.54, 1.807) is 63.6 Å². The van der Waals surface area contributed by atoms with Gasteiger partial charge < -0.3 is 40.0 Å². The molecule has 0 saturated carbocycles. The number of ether oxygens (including phenoxy) is 2. The van der Waals surface area contributed by atoms with E-state index >= 15 is 0 Å². The van der Waals surface area contributed by atoms with Gasteiger partial charge in [-0.15, -0.1) is 0 Å². The maximum absolute atomic E-state index is 13.7. The summed E-state index contributed by atoms with van der Waals surface area (Å²) >= 11 is 0. The smallest absolute Gasteiger partial charge is 0.333 e. The number of nitrogens with zero attached hydrogens (tertiary/aromatic N) is 6. The average molecular weight is 803 g/mol. The van der Waals surface area contributed by atoms with Gasteiger partial charge in [0.2, 0.25) is 0 Å². The van der Waals surface area contributed by atoms with Crippen molar-refractivity contribution < 1.29 is 36.7 Å². The number of anilines is 2. The molecule has 0 aliphatic rings. The number of rotatable bonds is 17. The monoisotopic (exact) mass is 802 g/mol. The van der Waals surface area contributed by atoms with Crippen LogP contribution in [0.4, 0.5) is 20.4 Å².